The molecule has 27 heavy (non-hydrogen) atoms. The van der Waals surface area contributed by atoms with Gasteiger partial charge in [-0.1, -0.05) is 12.1 Å². The minimum absolute atomic E-state index is 0. The van der Waals surface area contributed by atoms with E-state index in [0.29, 0.717) is 16.8 Å². The van der Waals surface area contributed by atoms with Gasteiger partial charge in [0.25, 0.3) is 0 Å². The zero-order chi connectivity index (χ0) is 19.3. The average molecular weight is 412 g/mol. The lowest BCUT2D eigenvalue weighted by molar-refractivity contribution is -0.144. The first-order chi connectivity index (χ1) is 12.2. The topological polar surface area (TPSA) is 122 Å². The van der Waals surface area contributed by atoms with Gasteiger partial charge in [0, 0.05) is 17.5 Å². The van der Waals surface area contributed by atoms with Crippen LogP contribution in [0.1, 0.15) is 24.1 Å². The van der Waals surface area contributed by atoms with Crippen LogP contribution in [0.4, 0.5) is 5.69 Å². The number of carbonyl (C=O) groups is 1. The van der Waals surface area contributed by atoms with Gasteiger partial charge >= 0.3 is 5.97 Å². The molecule has 0 radical (unpaired) electrons. The molecule has 0 aromatic heterocycles. The molecule has 0 amide bonds. The summed E-state index contributed by atoms with van der Waals surface area (Å²) >= 11 is 0. The molecule has 0 heterocycles. The van der Waals surface area contributed by atoms with Crippen LogP contribution in [-0.4, -0.2) is 33.1 Å². The molecule has 0 bridgehead atoms. The Morgan fingerprint density at radius 3 is 2.37 bits per heavy atom. The van der Waals surface area contributed by atoms with Crippen LogP contribution in [0.3, 0.4) is 0 Å². The molecule has 2 aromatic carbocycles. The summed E-state index contributed by atoms with van der Waals surface area (Å²) in [5, 5.41) is 10.5. The number of ether oxygens (including phenoxy) is 1. The highest BCUT2D eigenvalue weighted by Crippen LogP contribution is 2.24. The Hall–Kier alpha value is -2.58. The molecule has 1 unspecified atom stereocenters. The number of nitrogens with one attached hydrogen (secondary N) is 2. The fourth-order valence-corrected chi connectivity index (χ4v) is 3.02. The second-order valence-corrected chi connectivity index (χ2v) is 7.68. The summed E-state index contributed by atoms with van der Waals surface area (Å²) in [5.41, 5.74) is 7.07. The van der Waals surface area contributed by atoms with Crippen molar-refractivity contribution in [3.63, 3.8) is 0 Å². The molecule has 0 aliphatic heterocycles. The number of halogens is 1. The fraction of sp³-hybridized carbons (Fsp3) is 0.222. The molecule has 0 aliphatic rings. The van der Waals surface area contributed by atoms with Crippen molar-refractivity contribution in [1.29, 1.82) is 5.41 Å². The van der Waals surface area contributed by atoms with Gasteiger partial charge in [-0.2, -0.15) is 0 Å². The number of amidine groups is 1. The van der Waals surface area contributed by atoms with Crippen LogP contribution in [0.5, 0.6) is 0 Å². The molecule has 146 valence electrons. The molecule has 9 heteroatoms. The van der Waals surface area contributed by atoms with Gasteiger partial charge in [-0.05, 0) is 48.9 Å². The number of rotatable bonds is 7. The number of hydrogen-bond donors (Lipinski definition) is 3. The van der Waals surface area contributed by atoms with E-state index >= 15 is 0 Å². The monoisotopic (exact) mass is 411 g/mol. The first-order valence-corrected chi connectivity index (χ1v) is 9.79. The minimum Gasteiger partial charge on any atom is -0.464 e. The molecule has 2 rings (SSSR count). The Kier molecular flexibility index (Phi) is 7.81. The number of sulfone groups is 1. The molecule has 0 aliphatic carbocycles. The number of hydrogen-bond acceptors (Lipinski definition) is 6. The Bertz CT molecular complexity index is 914. The lowest BCUT2D eigenvalue weighted by atomic mass is 10.1. The van der Waals surface area contributed by atoms with Crippen LogP contribution < -0.4 is 11.1 Å². The highest BCUT2D eigenvalue weighted by atomic mass is 35.5. The van der Waals surface area contributed by atoms with E-state index in [1.165, 1.54) is 12.1 Å². The van der Waals surface area contributed by atoms with Gasteiger partial charge in [-0.15, -0.1) is 12.4 Å². The third-order valence-corrected chi connectivity index (χ3v) is 4.76. The maximum atomic E-state index is 12.4. The predicted octanol–water partition coefficient (Wildman–Crippen LogP) is 2.51. The second-order valence-electron chi connectivity index (χ2n) is 5.67. The molecule has 0 saturated heterocycles. The number of nitrogens with two attached hydrogens (primary N) is 1. The summed E-state index contributed by atoms with van der Waals surface area (Å²) in [6.45, 7) is 1.90. The van der Waals surface area contributed by atoms with Gasteiger partial charge in [-0.3, -0.25) is 5.41 Å². The van der Waals surface area contributed by atoms with Gasteiger partial charge < -0.3 is 15.8 Å². The van der Waals surface area contributed by atoms with Crippen LogP contribution in [-0.2, 0) is 19.4 Å². The van der Waals surface area contributed by atoms with E-state index in [9.17, 15) is 13.2 Å². The molecular weight excluding hydrogens is 390 g/mol. The minimum atomic E-state index is -3.40. The summed E-state index contributed by atoms with van der Waals surface area (Å²) in [4.78, 5) is 12.5. The maximum absolute atomic E-state index is 12.4. The van der Waals surface area contributed by atoms with Crippen LogP contribution in [0.2, 0.25) is 0 Å². The molecule has 0 fully saturated rings. The lowest BCUT2D eigenvalue weighted by Crippen LogP contribution is -2.23. The van der Waals surface area contributed by atoms with Gasteiger partial charge in [0.15, 0.2) is 15.9 Å². The van der Waals surface area contributed by atoms with Crippen LogP contribution in [0, 0.1) is 5.41 Å². The lowest BCUT2D eigenvalue weighted by Gasteiger charge is -2.19. The molecule has 0 saturated carbocycles. The first-order valence-electron chi connectivity index (χ1n) is 7.90. The number of benzene rings is 2. The predicted molar refractivity (Wildman–Crippen MR) is 107 cm³/mol. The van der Waals surface area contributed by atoms with Gasteiger partial charge in [-0.25, -0.2) is 13.2 Å². The number of anilines is 1. The van der Waals surface area contributed by atoms with Crippen molar-refractivity contribution in [2.75, 3.05) is 18.2 Å². The van der Waals surface area contributed by atoms with E-state index < -0.39 is 21.8 Å². The zero-order valence-electron chi connectivity index (χ0n) is 14.9. The van der Waals surface area contributed by atoms with E-state index in [0.717, 1.165) is 6.26 Å². The van der Waals surface area contributed by atoms with Crippen molar-refractivity contribution in [2.24, 2.45) is 5.73 Å². The van der Waals surface area contributed by atoms with Crippen molar-refractivity contribution < 1.29 is 17.9 Å². The summed E-state index contributed by atoms with van der Waals surface area (Å²) in [7, 11) is -3.40. The van der Waals surface area contributed by atoms with Crippen LogP contribution >= 0.6 is 12.4 Å². The Balaban J connectivity index is 0.00000364. The Labute approximate surface area is 164 Å². The maximum Gasteiger partial charge on any atom is 0.333 e. The van der Waals surface area contributed by atoms with Gasteiger partial charge in [0.1, 0.15) is 5.84 Å². The van der Waals surface area contributed by atoms with E-state index in [-0.39, 0.29) is 29.7 Å². The third-order valence-electron chi connectivity index (χ3n) is 3.65. The number of nitrogen functional groups attached to an aromatic ring is 1. The second kappa shape index (κ2) is 9.38. The van der Waals surface area contributed by atoms with Crippen molar-refractivity contribution in [2.45, 2.75) is 17.9 Å². The van der Waals surface area contributed by atoms with Crippen molar-refractivity contribution >= 4 is 39.7 Å². The smallest absolute Gasteiger partial charge is 0.333 e. The molecule has 2 aromatic rings. The average Bonchev–Trinajstić information content (AvgIpc) is 2.59. The molecule has 1 atom stereocenters. The first kappa shape index (κ1) is 22.5. The summed E-state index contributed by atoms with van der Waals surface area (Å²) in [5.74, 6) is -0.576. The van der Waals surface area contributed by atoms with Crippen LogP contribution in [0.15, 0.2) is 53.4 Å². The largest absolute Gasteiger partial charge is 0.464 e. The highest BCUT2D eigenvalue weighted by molar-refractivity contribution is 7.90. The molecule has 7 nitrogen and oxygen atoms in total. The summed E-state index contributed by atoms with van der Waals surface area (Å²) in [6, 6.07) is 12.0. The Morgan fingerprint density at radius 2 is 1.85 bits per heavy atom. The van der Waals surface area contributed by atoms with E-state index in [2.05, 4.69) is 5.32 Å². The van der Waals surface area contributed by atoms with Gasteiger partial charge in [0.05, 0.1) is 11.5 Å². The van der Waals surface area contributed by atoms with E-state index in [4.69, 9.17) is 15.9 Å². The van der Waals surface area contributed by atoms with Gasteiger partial charge in [0.2, 0.25) is 0 Å². The summed E-state index contributed by atoms with van der Waals surface area (Å²) < 4.78 is 28.7. The fourth-order valence-electron chi connectivity index (χ4n) is 2.34. The standard InChI is InChI=1S/C18H21N3O4S.ClH/c1-3-25-18(22)16(13-5-4-6-15(11-13)26(2,23)24)21-14-9-7-12(8-10-14)17(19)20;/h4-11,16,21H,3H2,1-2H3,(H3,19,20);1H. The van der Waals surface area contributed by atoms with Crippen LogP contribution in [0.25, 0.3) is 0 Å². The molecule has 0 spiro atoms. The van der Waals surface area contributed by atoms with E-state index in [1.54, 1.807) is 43.3 Å². The van der Waals surface area contributed by atoms with Crippen molar-refractivity contribution in [1.82, 2.24) is 0 Å². The molecular formula is C18H22ClN3O4S. The highest BCUT2D eigenvalue weighted by Gasteiger charge is 2.23. The van der Waals surface area contributed by atoms with Crippen molar-refractivity contribution in [3.05, 3.63) is 59.7 Å². The summed E-state index contributed by atoms with van der Waals surface area (Å²) in [6.07, 6.45) is 1.11. The Morgan fingerprint density at radius 1 is 1.22 bits per heavy atom. The number of esters is 1. The SMILES string of the molecule is CCOC(=O)C(Nc1ccc(C(=N)N)cc1)c1cccc(S(C)(=O)=O)c1.Cl. The molecule has 4 N–H and O–H groups in total. The number of carbonyl (C=O) groups excluding carboxylic acids is 1. The van der Waals surface area contributed by atoms with Crippen molar-refractivity contribution in [3.8, 4) is 0 Å². The normalized spacial score (nSPS) is 11.8. The zero-order valence-corrected chi connectivity index (χ0v) is 16.6. The quantitative estimate of drug-likeness (QED) is 0.365. The van der Waals surface area contributed by atoms with E-state index in [1.807, 2.05) is 0 Å². The third kappa shape index (κ3) is 5.97.